The lowest BCUT2D eigenvalue weighted by Gasteiger charge is -2.18. The number of carbonyl (C=O) groups excluding carboxylic acids is 1. The number of likely N-dealkylation sites (N-methyl/N-ethyl adjacent to an activating group) is 1. The lowest BCUT2D eigenvalue weighted by atomic mass is 10.1. The molecular weight excluding hydrogens is 323 g/mol. The normalized spacial score (nSPS) is 12.5. The zero-order chi connectivity index (χ0) is 17.1. The minimum atomic E-state index is -4.66. The Balaban J connectivity index is 3.16. The number of ether oxygens (including phenoxy) is 1. The second-order valence-electron chi connectivity index (χ2n) is 4.54. The van der Waals surface area contributed by atoms with E-state index in [0.717, 1.165) is 19.2 Å². The van der Waals surface area contributed by atoms with Crippen molar-refractivity contribution in [2.45, 2.75) is 24.9 Å². The molecule has 0 aliphatic carbocycles. The molecule has 9 heteroatoms. The maximum atomic E-state index is 12.8. The van der Waals surface area contributed by atoms with Crippen molar-refractivity contribution in [3.63, 3.8) is 0 Å². The highest BCUT2D eigenvalue weighted by Gasteiger charge is 2.34. The lowest BCUT2D eigenvalue weighted by Crippen LogP contribution is -2.33. The Bertz CT molecular complexity index is 656. The second kappa shape index (κ2) is 6.66. The maximum Gasteiger partial charge on any atom is 0.416 e. The zero-order valence-corrected chi connectivity index (χ0v) is 13.1. The van der Waals surface area contributed by atoms with Crippen molar-refractivity contribution < 1.29 is 31.1 Å². The van der Waals surface area contributed by atoms with Crippen LogP contribution in [0.25, 0.3) is 0 Å². The molecule has 0 aliphatic heterocycles. The first kappa shape index (κ1) is 18.4. The Morgan fingerprint density at radius 1 is 1.32 bits per heavy atom. The van der Waals surface area contributed by atoms with E-state index in [9.17, 15) is 26.4 Å². The monoisotopic (exact) mass is 339 g/mol. The molecule has 22 heavy (non-hydrogen) atoms. The van der Waals surface area contributed by atoms with Crippen LogP contribution in [0.4, 0.5) is 13.2 Å². The SMILES string of the molecule is CCOC(=O)CN(C)S(=O)(=O)c1ccc(C)c(C(F)(F)F)c1. The third-order valence-corrected chi connectivity index (χ3v) is 4.68. The zero-order valence-electron chi connectivity index (χ0n) is 12.3. The summed E-state index contributed by atoms with van der Waals surface area (Å²) in [6.07, 6.45) is -4.66. The summed E-state index contributed by atoms with van der Waals surface area (Å²) in [7, 11) is -3.12. The van der Waals surface area contributed by atoms with Gasteiger partial charge in [-0.15, -0.1) is 0 Å². The van der Waals surface area contributed by atoms with Crippen LogP contribution in [0.2, 0.25) is 0 Å². The number of aryl methyl sites for hydroxylation is 1. The van der Waals surface area contributed by atoms with Crippen LogP contribution in [0, 0.1) is 6.92 Å². The standard InChI is InChI=1S/C13H16F3NO4S/c1-4-21-12(18)8-17(3)22(19,20)10-6-5-9(2)11(7-10)13(14,15)16/h5-7H,4,8H2,1-3H3. The molecule has 0 N–H and O–H groups in total. The predicted molar refractivity (Wildman–Crippen MR) is 72.6 cm³/mol. The highest BCUT2D eigenvalue weighted by Crippen LogP contribution is 2.33. The molecule has 0 amide bonds. The Morgan fingerprint density at radius 2 is 1.91 bits per heavy atom. The Labute approximate surface area is 126 Å². The van der Waals surface area contributed by atoms with Gasteiger partial charge >= 0.3 is 12.1 Å². The van der Waals surface area contributed by atoms with E-state index in [2.05, 4.69) is 4.74 Å². The molecule has 0 atom stereocenters. The van der Waals surface area contributed by atoms with Crippen molar-refractivity contribution in [3.8, 4) is 0 Å². The molecule has 0 fully saturated rings. The minimum absolute atomic E-state index is 0.0788. The van der Waals surface area contributed by atoms with Crippen LogP contribution in [0.5, 0.6) is 0 Å². The Hall–Kier alpha value is -1.61. The van der Waals surface area contributed by atoms with Gasteiger partial charge in [-0.1, -0.05) is 6.07 Å². The fraction of sp³-hybridized carbons (Fsp3) is 0.462. The highest BCUT2D eigenvalue weighted by atomic mass is 32.2. The summed E-state index contributed by atoms with van der Waals surface area (Å²) in [5.74, 6) is -0.781. The van der Waals surface area contributed by atoms with Gasteiger partial charge in [-0.25, -0.2) is 8.42 Å². The number of esters is 1. The average molecular weight is 339 g/mol. The predicted octanol–water partition coefficient (Wildman–Crippen LogP) is 2.20. The molecule has 0 aliphatic rings. The van der Waals surface area contributed by atoms with E-state index in [0.29, 0.717) is 10.4 Å². The van der Waals surface area contributed by atoms with Gasteiger partial charge in [0.2, 0.25) is 10.0 Å². The molecule has 124 valence electrons. The van der Waals surface area contributed by atoms with E-state index >= 15 is 0 Å². The molecule has 0 unspecified atom stereocenters. The van der Waals surface area contributed by atoms with Gasteiger partial charge in [0.25, 0.3) is 0 Å². The molecule has 0 radical (unpaired) electrons. The van der Waals surface area contributed by atoms with Gasteiger partial charge in [-0.2, -0.15) is 17.5 Å². The summed E-state index contributed by atoms with van der Waals surface area (Å²) < 4.78 is 68.2. The second-order valence-corrected chi connectivity index (χ2v) is 6.59. The average Bonchev–Trinajstić information content (AvgIpc) is 2.37. The first-order chi connectivity index (χ1) is 10.00. The molecule has 1 rings (SSSR count). The number of alkyl halides is 3. The largest absolute Gasteiger partial charge is 0.465 e. The fourth-order valence-electron chi connectivity index (χ4n) is 1.72. The van der Waals surface area contributed by atoms with E-state index < -0.39 is 39.2 Å². The van der Waals surface area contributed by atoms with E-state index in [4.69, 9.17) is 0 Å². The van der Waals surface area contributed by atoms with Crippen LogP contribution in [0.3, 0.4) is 0 Å². The van der Waals surface area contributed by atoms with Gasteiger partial charge in [0.1, 0.15) is 6.54 Å². The summed E-state index contributed by atoms with van der Waals surface area (Å²) in [6.45, 7) is 2.30. The van der Waals surface area contributed by atoms with Gasteiger partial charge in [0.05, 0.1) is 17.1 Å². The van der Waals surface area contributed by atoms with Gasteiger partial charge < -0.3 is 4.74 Å². The summed E-state index contributed by atoms with van der Waals surface area (Å²) in [5.41, 5.74) is -1.11. The van der Waals surface area contributed by atoms with Crippen molar-refractivity contribution in [1.82, 2.24) is 4.31 Å². The number of benzene rings is 1. The topological polar surface area (TPSA) is 63.7 Å². The fourth-order valence-corrected chi connectivity index (χ4v) is 2.86. The van der Waals surface area contributed by atoms with Crippen LogP contribution in [-0.2, 0) is 25.7 Å². The van der Waals surface area contributed by atoms with Crippen molar-refractivity contribution >= 4 is 16.0 Å². The summed E-state index contributed by atoms with van der Waals surface area (Å²) in [4.78, 5) is 10.8. The number of carbonyl (C=O) groups is 1. The third kappa shape index (κ3) is 4.20. The molecule has 0 heterocycles. The van der Waals surface area contributed by atoms with E-state index in [-0.39, 0.29) is 12.2 Å². The number of rotatable bonds is 5. The van der Waals surface area contributed by atoms with Gasteiger partial charge in [0.15, 0.2) is 0 Å². The summed E-state index contributed by atoms with van der Waals surface area (Å²) >= 11 is 0. The highest BCUT2D eigenvalue weighted by molar-refractivity contribution is 7.89. The number of halogens is 3. The van der Waals surface area contributed by atoms with Crippen LogP contribution in [-0.4, -0.2) is 38.9 Å². The minimum Gasteiger partial charge on any atom is -0.465 e. The molecule has 1 aromatic carbocycles. The smallest absolute Gasteiger partial charge is 0.416 e. The third-order valence-electron chi connectivity index (χ3n) is 2.88. The molecule has 0 aromatic heterocycles. The van der Waals surface area contributed by atoms with Crippen molar-refractivity contribution in [2.75, 3.05) is 20.2 Å². The van der Waals surface area contributed by atoms with Crippen molar-refractivity contribution in [2.24, 2.45) is 0 Å². The molecular formula is C13H16F3NO4S. The van der Waals surface area contributed by atoms with E-state index in [1.54, 1.807) is 6.92 Å². The van der Waals surface area contributed by atoms with Gasteiger partial charge in [-0.05, 0) is 31.5 Å². The molecule has 1 aromatic rings. The molecule has 5 nitrogen and oxygen atoms in total. The molecule has 0 saturated heterocycles. The maximum absolute atomic E-state index is 12.8. The number of hydrogen-bond acceptors (Lipinski definition) is 4. The summed E-state index contributed by atoms with van der Waals surface area (Å²) in [6, 6.07) is 2.71. The molecule has 0 bridgehead atoms. The molecule has 0 spiro atoms. The van der Waals surface area contributed by atoms with Crippen LogP contribution in [0.1, 0.15) is 18.1 Å². The number of hydrogen-bond donors (Lipinski definition) is 0. The summed E-state index contributed by atoms with van der Waals surface area (Å²) in [5, 5.41) is 0. The first-order valence-electron chi connectivity index (χ1n) is 6.30. The molecule has 0 saturated carbocycles. The van der Waals surface area contributed by atoms with Gasteiger partial charge in [0, 0.05) is 7.05 Å². The van der Waals surface area contributed by atoms with Crippen LogP contribution < -0.4 is 0 Å². The van der Waals surface area contributed by atoms with Crippen molar-refractivity contribution in [1.29, 1.82) is 0 Å². The lowest BCUT2D eigenvalue weighted by molar-refractivity contribution is -0.143. The number of sulfonamides is 1. The van der Waals surface area contributed by atoms with E-state index in [1.807, 2.05) is 0 Å². The Morgan fingerprint density at radius 3 is 2.41 bits per heavy atom. The first-order valence-corrected chi connectivity index (χ1v) is 7.74. The Kier molecular flexibility index (Phi) is 5.58. The van der Waals surface area contributed by atoms with Crippen LogP contribution in [0.15, 0.2) is 23.1 Å². The van der Waals surface area contributed by atoms with Crippen LogP contribution >= 0.6 is 0 Å². The van der Waals surface area contributed by atoms with Gasteiger partial charge in [-0.3, -0.25) is 4.79 Å². The number of nitrogens with zero attached hydrogens (tertiary/aromatic N) is 1. The quantitative estimate of drug-likeness (QED) is 0.772. The van der Waals surface area contributed by atoms with E-state index in [1.165, 1.54) is 6.92 Å². The van der Waals surface area contributed by atoms with Crippen molar-refractivity contribution in [3.05, 3.63) is 29.3 Å².